The van der Waals surface area contributed by atoms with Crippen LogP contribution in [0.2, 0.25) is 5.02 Å². The minimum absolute atomic E-state index is 0.623. The first kappa shape index (κ1) is 15.8. The minimum atomic E-state index is 0.623. The Hall–Kier alpha value is -0.290. The van der Waals surface area contributed by atoms with Crippen LogP contribution in [-0.4, -0.2) is 45.2 Å². The predicted octanol–water partition coefficient (Wildman–Crippen LogP) is 3.02. The van der Waals surface area contributed by atoms with Crippen LogP contribution in [0.15, 0.2) is 22.7 Å². The van der Waals surface area contributed by atoms with Crippen molar-refractivity contribution in [2.45, 2.75) is 6.42 Å². The minimum Gasteiger partial charge on any atom is -0.491 e. The highest BCUT2D eigenvalue weighted by atomic mass is 79.9. The van der Waals surface area contributed by atoms with Crippen LogP contribution in [0.5, 0.6) is 5.75 Å². The van der Waals surface area contributed by atoms with E-state index in [0.717, 1.165) is 36.3 Å². The molecule has 0 amide bonds. The number of hydrogen-bond acceptors (Lipinski definition) is 3. The number of ether oxygens (including phenoxy) is 1. The van der Waals surface area contributed by atoms with Gasteiger partial charge in [-0.15, -0.1) is 0 Å². The zero-order valence-electron chi connectivity index (χ0n) is 10.9. The standard InChI is InChI=1S/C13H20BrClN2O/c1-17(2)8-3-6-16-7-9-18-13-10-11(14)4-5-12(13)15/h4-5,10,16H,3,6-9H2,1-2H3. The summed E-state index contributed by atoms with van der Waals surface area (Å²) < 4.78 is 6.58. The lowest BCUT2D eigenvalue weighted by molar-refractivity contribution is 0.311. The number of nitrogens with one attached hydrogen (secondary N) is 1. The molecule has 0 radical (unpaired) electrons. The van der Waals surface area contributed by atoms with Crippen LogP contribution in [0.25, 0.3) is 0 Å². The van der Waals surface area contributed by atoms with Crippen LogP contribution >= 0.6 is 27.5 Å². The average Bonchev–Trinajstić information content (AvgIpc) is 2.32. The summed E-state index contributed by atoms with van der Waals surface area (Å²) >= 11 is 9.42. The zero-order valence-corrected chi connectivity index (χ0v) is 13.2. The van der Waals surface area contributed by atoms with Crippen LogP contribution in [0.3, 0.4) is 0 Å². The number of benzene rings is 1. The first-order valence-corrected chi connectivity index (χ1v) is 7.20. The van der Waals surface area contributed by atoms with Crippen molar-refractivity contribution in [1.29, 1.82) is 0 Å². The van der Waals surface area contributed by atoms with Crippen LogP contribution in [0.1, 0.15) is 6.42 Å². The fourth-order valence-corrected chi connectivity index (χ4v) is 1.98. The van der Waals surface area contributed by atoms with Crippen molar-refractivity contribution < 1.29 is 4.74 Å². The molecule has 0 aliphatic rings. The molecule has 0 heterocycles. The molecular weight excluding hydrogens is 316 g/mol. The zero-order chi connectivity index (χ0) is 13.4. The molecule has 0 saturated carbocycles. The van der Waals surface area contributed by atoms with Gasteiger partial charge in [0.1, 0.15) is 12.4 Å². The van der Waals surface area contributed by atoms with Crippen LogP contribution < -0.4 is 10.1 Å². The Morgan fingerprint density at radius 3 is 2.83 bits per heavy atom. The number of nitrogens with zero attached hydrogens (tertiary/aromatic N) is 1. The third kappa shape index (κ3) is 6.59. The van der Waals surface area contributed by atoms with E-state index < -0.39 is 0 Å². The molecule has 0 bridgehead atoms. The van der Waals surface area contributed by atoms with Gasteiger partial charge in [-0.3, -0.25) is 0 Å². The second-order valence-electron chi connectivity index (χ2n) is 4.33. The Morgan fingerprint density at radius 2 is 2.11 bits per heavy atom. The molecule has 5 heteroatoms. The Bertz CT molecular complexity index is 361. The van der Waals surface area contributed by atoms with Gasteiger partial charge in [-0.05, 0) is 51.8 Å². The van der Waals surface area contributed by atoms with Gasteiger partial charge in [0.15, 0.2) is 0 Å². The van der Waals surface area contributed by atoms with Crippen molar-refractivity contribution in [1.82, 2.24) is 10.2 Å². The van der Waals surface area contributed by atoms with E-state index in [1.54, 1.807) is 0 Å². The summed E-state index contributed by atoms with van der Waals surface area (Å²) in [5.74, 6) is 0.723. The monoisotopic (exact) mass is 334 g/mol. The maximum atomic E-state index is 6.02. The number of rotatable bonds is 8. The van der Waals surface area contributed by atoms with E-state index in [-0.39, 0.29) is 0 Å². The molecular formula is C13H20BrClN2O. The molecule has 0 aliphatic heterocycles. The summed E-state index contributed by atoms with van der Waals surface area (Å²) in [5.41, 5.74) is 0. The highest BCUT2D eigenvalue weighted by Gasteiger charge is 2.01. The molecule has 1 N–H and O–H groups in total. The Balaban J connectivity index is 2.12. The summed E-state index contributed by atoms with van der Waals surface area (Å²) in [6, 6.07) is 5.61. The number of hydrogen-bond donors (Lipinski definition) is 1. The van der Waals surface area contributed by atoms with Crippen molar-refractivity contribution in [2.75, 3.05) is 40.3 Å². The van der Waals surface area contributed by atoms with Crippen molar-refractivity contribution in [3.8, 4) is 5.75 Å². The summed E-state index contributed by atoms with van der Waals surface area (Å²) in [5, 5.41) is 3.98. The van der Waals surface area contributed by atoms with E-state index in [2.05, 4.69) is 40.2 Å². The lowest BCUT2D eigenvalue weighted by Crippen LogP contribution is -2.25. The van der Waals surface area contributed by atoms with Gasteiger partial charge < -0.3 is 15.0 Å². The first-order chi connectivity index (χ1) is 8.59. The van der Waals surface area contributed by atoms with Gasteiger partial charge >= 0.3 is 0 Å². The van der Waals surface area contributed by atoms with E-state index in [4.69, 9.17) is 16.3 Å². The highest BCUT2D eigenvalue weighted by molar-refractivity contribution is 9.10. The fraction of sp³-hybridized carbons (Fsp3) is 0.538. The topological polar surface area (TPSA) is 24.5 Å². The van der Waals surface area contributed by atoms with Gasteiger partial charge in [-0.25, -0.2) is 0 Å². The smallest absolute Gasteiger partial charge is 0.139 e. The van der Waals surface area contributed by atoms with Gasteiger partial charge in [0.25, 0.3) is 0 Å². The normalized spacial score (nSPS) is 10.9. The van der Waals surface area contributed by atoms with Crippen LogP contribution in [0, 0.1) is 0 Å². The SMILES string of the molecule is CN(C)CCCNCCOc1cc(Br)ccc1Cl. The Kier molecular flexibility index (Phi) is 7.66. The largest absolute Gasteiger partial charge is 0.491 e. The predicted molar refractivity (Wildman–Crippen MR) is 80.7 cm³/mol. The molecule has 1 aromatic rings. The molecule has 0 unspecified atom stereocenters. The molecule has 1 rings (SSSR count). The lowest BCUT2D eigenvalue weighted by Gasteiger charge is -2.11. The maximum absolute atomic E-state index is 6.02. The quantitative estimate of drug-likeness (QED) is 0.739. The molecule has 102 valence electrons. The third-order valence-corrected chi connectivity index (χ3v) is 3.19. The molecule has 0 saturated heterocycles. The van der Waals surface area contributed by atoms with Crippen molar-refractivity contribution in [2.24, 2.45) is 0 Å². The second-order valence-corrected chi connectivity index (χ2v) is 5.65. The van der Waals surface area contributed by atoms with Crippen molar-refractivity contribution in [3.05, 3.63) is 27.7 Å². The molecule has 0 atom stereocenters. The van der Waals surface area contributed by atoms with Gasteiger partial charge in [0.2, 0.25) is 0 Å². The molecule has 0 aromatic heterocycles. The maximum Gasteiger partial charge on any atom is 0.139 e. The van der Waals surface area contributed by atoms with Gasteiger partial charge in [-0.1, -0.05) is 27.5 Å². The molecule has 0 spiro atoms. The van der Waals surface area contributed by atoms with Crippen LogP contribution in [0.4, 0.5) is 0 Å². The molecule has 0 aliphatic carbocycles. The Labute approximate surface area is 123 Å². The van der Waals surface area contributed by atoms with Crippen molar-refractivity contribution >= 4 is 27.5 Å². The summed E-state index contributed by atoms with van der Waals surface area (Å²) in [6.07, 6.45) is 1.14. The lowest BCUT2D eigenvalue weighted by atomic mass is 10.3. The van der Waals surface area contributed by atoms with Crippen LogP contribution in [-0.2, 0) is 0 Å². The van der Waals surface area contributed by atoms with E-state index in [0.29, 0.717) is 11.6 Å². The highest BCUT2D eigenvalue weighted by Crippen LogP contribution is 2.27. The van der Waals surface area contributed by atoms with E-state index in [9.17, 15) is 0 Å². The van der Waals surface area contributed by atoms with Crippen molar-refractivity contribution in [3.63, 3.8) is 0 Å². The molecule has 3 nitrogen and oxygen atoms in total. The van der Waals surface area contributed by atoms with E-state index in [1.807, 2.05) is 18.2 Å². The summed E-state index contributed by atoms with van der Waals surface area (Å²) in [4.78, 5) is 2.18. The third-order valence-electron chi connectivity index (χ3n) is 2.39. The molecule has 0 fully saturated rings. The van der Waals surface area contributed by atoms with E-state index in [1.165, 1.54) is 0 Å². The Morgan fingerprint density at radius 1 is 1.33 bits per heavy atom. The summed E-state index contributed by atoms with van der Waals surface area (Å²) in [7, 11) is 4.16. The first-order valence-electron chi connectivity index (χ1n) is 6.03. The summed E-state index contributed by atoms with van der Waals surface area (Å²) in [6.45, 7) is 3.56. The fourth-order valence-electron chi connectivity index (χ4n) is 1.47. The van der Waals surface area contributed by atoms with Gasteiger partial charge in [-0.2, -0.15) is 0 Å². The average molecular weight is 336 g/mol. The molecule has 1 aromatic carbocycles. The second kappa shape index (κ2) is 8.75. The number of halogens is 2. The molecule has 18 heavy (non-hydrogen) atoms. The van der Waals surface area contributed by atoms with E-state index >= 15 is 0 Å². The van der Waals surface area contributed by atoms with Gasteiger partial charge in [0.05, 0.1) is 5.02 Å². The van der Waals surface area contributed by atoms with Gasteiger partial charge in [0, 0.05) is 11.0 Å².